The van der Waals surface area contributed by atoms with Gasteiger partial charge in [-0.1, -0.05) is 42.0 Å². The van der Waals surface area contributed by atoms with Crippen molar-refractivity contribution >= 4 is 28.6 Å². The number of rotatable bonds is 6. The lowest BCUT2D eigenvalue weighted by Crippen LogP contribution is -2.46. The summed E-state index contributed by atoms with van der Waals surface area (Å²) < 4.78 is 0. The maximum Gasteiger partial charge on any atom is 0.309 e. The van der Waals surface area contributed by atoms with Crippen molar-refractivity contribution in [3.63, 3.8) is 0 Å². The van der Waals surface area contributed by atoms with Gasteiger partial charge in [-0.15, -0.1) is 0 Å². The number of aryl methyl sites for hydroxylation is 1. The summed E-state index contributed by atoms with van der Waals surface area (Å²) in [4.78, 5) is 32.2. The van der Waals surface area contributed by atoms with E-state index in [0.29, 0.717) is 0 Å². The van der Waals surface area contributed by atoms with E-state index in [-0.39, 0.29) is 23.8 Å². The highest BCUT2D eigenvalue weighted by Crippen LogP contribution is 2.39. The number of nitrogens with one attached hydrogen (secondary N) is 1. The third-order valence-corrected chi connectivity index (χ3v) is 8.85. The number of carboxylic acid groups (broad SMARTS) is 1. The molecule has 1 saturated carbocycles. The molecule has 5 rings (SSSR count). The van der Waals surface area contributed by atoms with E-state index in [0.717, 1.165) is 79.5 Å². The minimum absolute atomic E-state index is 0.00251. The van der Waals surface area contributed by atoms with Crippen LogP contribution in [0.5, 0.6) is 0 Å². The smallest absolute Gasteiger partial charge is 0.309 e. The van der Waals surface area contributed by atoms with Gasteiger partial charge in [0.05, 0.1) is 10.9 Å². The lowest BCUT2D eigenvalue weighted by molar-refractivity contribution is -0.151. The van der Waals surface area contributed by atoms with Gasteiger partial charge in [0.1, 0.15) is 5.82 Å². The summed E-state index contributed by atoms with van der Waals surface area (Å²) in [6, 6.07) is 19.2. The van der Waals surface area contributed by atoms with Crippen molar-refractivity contribution in [1.82, 2.24) is 10.3 Å². The summed E-state index contributed by atoms with van der Waals surface area (Å²) in [6.07, 6.45) is 5.00. The first kappa shape index (κ1) is 26.2. The van der Waals surface area contributed by atoms with Crippen molar-refractivity contribution in [1.29, 1.82) is 0 Å². The first-order valence-corrected chi connectivity index (χ1v) is 14.0. The molecule has 200 valence electrons. The molecule has 2 N–H and O–H groups in total. The minimum atomic E-state index is -0.733. The predicted octanol–water partition coefficient (Wildman–Crippen LogP) is 6.21. The Morgan fingerprint density at radius 2 is 1.63 bits per heavy atom. The van der Waals surface area contributed by atoms with Crippen LogP contribution in [0.1, 0.15) is 57.9 Å². The van der Waals surface area contributed by atoms with Crippen molar-refractivity contribution in [2.24, 2.45) is 17.3 Å². The zero-order valence-corrected chi connectivity index (χ0v) is 22.7. The molecule has 0 radical (unpaired) electrons. The van der Waals surface area contributed by atoms with E-state index in [1.54, 1.807) is 0 Å². The number of piperidine rings is 1. The molecule has 2 heterocycles. The first-order valence-electron chi connectivity index (χ1n) is 14.0. The summed E-state index contributed by atoms with van der Waals surface area (Å²) in [5.41, 5.74) is 3.78. The third-order valence-electron chi connectivity index (χ3n) is 8.85. The van der Waals surface area contributed by atoms with Crippen LogP contribution in [0.3, 0.4) is 0 Å². The summed E-state index contributed by atoms with van der Waals surface area (Å²) in [6.45, 7) is 7.33. The van der Waals surface area contributed by atoms with Crippen LogP contribution in [0.4, 0.5) is 5.82 Å². The Hall–Kier alpha value is -3.41. The normalized spacial score (nSPS) is 20.9. The molecule has 1 aliphatic heterocycles. The number of pyridine rings is 1. The van der Waals surface area contributed by atoms with Crippen LogP contribution in [-0.2, 0) is 9.59 Å². The fourth-order valence-electron chi connectivity index (χ4n) is 6.16. The lowest BCUT2D eigenvalue weighted by Gasteiger charge is -2.38. The number of aromatic nitrogens is 1. The van der Waals surface area contributed by atoms with E-state index in [4.69, 9.17) is 4.98 Å². The number of aliphatic carboxylic acids is 1. The average Bonchev–Trinajstić information content (AvgIpc) is 2.93. The van der Waals surface area contributed by atoms with Crippen LogP contribution in [0.2, 0.25) is 0 Å². The number of fused-ring (bicyclic) bond motifs is 1. The van der Waals surface area contributed by atoms with E-state index in [1.165, 1.54) is 5.56 Å². The van der Waals surface area contributed by atoms with Crippen molar-refractivity contribution in [2.45, 2.75) is 65.3 Å². The number of carbonyl (C=O) groups excluding carboxylic acids is 1. The maximum atomic E-state index is 13.2. The van der Waals surface area contributed by atoms with Crippen LogP contribution >= 0.6 is 0 Å². The Kier molecular flexibility index (Phi) is 7.42. The van der Waals surface area contributed by atoms with E-state index in [9.17, 15) is 14.7 Å². The molecule has 1 aromatic heterocycles. The van der Waals surface area contributed by atoms with Gasteiger partial charge in [-0.05, 0) is 89.0 Å². The SMILES string of the molecule is Cc1ccc2nc(N3CCC(C(=O)NC4CCC(C(C)(C)C(=O)O)CC4)CC3)c(-c3ccccc3)cc2c1. The van der Waals surface area contributed by atoms with Gasteiger partial charge >= 0.3 is 5.97 Å². The van der Waals surface area contributed by atoms with E-state index in [2.05, 4.69) is 65.7 Å². The van der Waals surface area contributed by atoms with Crippen molar-refractivity contribution < 1.29 is 14.7 Å². The predicted molar refractivity (Wildman–Crippen MR) is 152 cm³/mol. The minimum Gasteiger partial charge on any atom is -0.481 e. The fraction of sp³-hybridized carbons (Fsp3) is 0.469. The van der Waals surface area contributed by atoms with Gasteiger partial charge < -0.3 is 15.3 Å². The molecule has 1 saturated heterocycles. The molecular formula is C32H39N3O3. The fourth-order valence-corrected chi connectivity index (χ4v) is 6.16. The molecular weight excluding hydrogens is 474 g/mol. The van der Waals surface area contributed by atoms with Gasteiger partial charge in [0.2, 0.25) is 5.91 Å². The molecule has 0 spiro atoms. The van der Waals surface area contributed by atoms with Gasteiger partial charge in [0.15, 0.2) is 0 Å². The van der Waals surface area contributed by atoms with Crippen LogP contribution in [0, 0.1) is 24.2 Å². The Bertz CT molecular complexity index is 1300. The Balaban J connectivity index is 1.24. The summed E-state index contributed by atoms with van der Waals surface area (Å²) in [5.74, 6) is 0.570. The monoisotopic (exact) mass is 513 g/mol. The quantitative estimate of drug-likeness (QED) is 0.409. The molecule has 2 aliphatic rings. The number of nitrogens with zero attached hydrogens (tertiary/aromatic N) is 2. The summed E-state index contributed by atoms with van der Waals surface area (Å²) in [5, 5.41) is 14.0. The summed E-state index contributed by atoms with van der Waals surface area (Å²) >= 11 is 0. The second-order valence-electron chi connectivity index (χ2n) is 11.8. The highest BCUT2D eigenvalue weighted by molar-refractivity contribution is 5.90. The molecule has 0 bridgehead atoms. The molecule has 2 aromatic carbocycles. The van der Waals surface area contributed by atoms with Crippen molar-refractivity contribution in [2.75, 3.05) is 18.0 Å². The van der Waals surface area contributed by atoms with Gasteiger partial charge in [-0.25, -0.2) is 4.98 Å². The van der Waals surface area contributed by atoms with E-state index in [1.807, 2.05) is 19.9 Å². The molecule has 0 unspecified atom stereocenters. The standard InChI is InChI=1S/C32H39N3O3/c1-21-9-14-28-24(19-21)20-27(22-7-5-4-6-8-22)29(34-28)35-17-15-23(16-18-35)30(36)33-26-12-10-25(11-13-26)32(2,3)31(37)38/h4-9,14,19-20,23,25-26H,10-13,15-18H2,1-3H3,(H,33,36)(H,37,38). The third kappa shape index (κ3) is 5.40. The number of hydrogen-bond acceptors (Lipinski definition) is 4. The highest BCUT2D eigenvalue weighted by Gasteiger charge is 2.39. The van der Waals surface area contributed by atoms with E-state index < -0.39 is 11.4 Å². The van der Waals surface area contributed by atoms with Gasteiger partial charge in [0.25, 0.3) is 0 Å². The lowest BCUT2D eigenvalue weighted by atomic mass is 9.70. The number of hydrogen-bond donors (Lipinski definition) is 2. The second-order valence-corrected chi connectivity index (χ2v) is 11.8. The highest BCUT2D eigenvalue weighted by atomic mass is 16.4. The van der Waals surface area contributed by atoms with Crippen LogP contribution < -0.4 is 10.2 Å². The van der Waals surface area contributed by atoms with Gasteiger partial charge in [-0.3, -0.25) is 9.59 Å². The number of amides is 1. The number of benzene rings is 2. The average molecular weight is 514 g/mol. The van der Waals surface area contributed by atoms with Crippen LogP contribution in [0.15, 0.2) is 54.6 Å². The number of carboxylic acids is 1. The Labute approximate surface area is 225 Å². The van der Waals surface area contributed by atoms with E-state index >= 15 is 0 Å². The molecule has 6 heteroatoms. The van der Waals surface area contributed by atoms with Crippen molar-refractivity contribution in [3.05, 3.63) is 60.2 Å². The molecule has 0 atom stereocenters. The molecule has 6 nitrogen and oxygen atoms in total. The molecule has 38 heavy (non-hydrogen) atoms. The maximum absolute atomic E-state index is 13.2. The number of carbonyl (C=O) groups is 2. The first-order chi connectivity index (χ1) is 18.2. The van der Waals surface area contributed by atoms with Crippen LogP contribution in [-0.4, -0.2) is 41.1 Å². The van der Waals surface area contributed by atoms with Gasteiger partial charge in [-0.2, -0.15) is 0 Å². The number of anilines is 1. The Morgan fingerprint density at radius 1 is 0.947 bits per heavy atom. The van der Waals surface area contributed by atoms with Crippen LogP contribution in [0.25, 0.3) is 22.0 Å². The second kappa shape index (κ2) is 10.8. The Morgan fingerprint density at radius 3 is 2.29 bits per heavy atom. The zero-order valence-electron chi connectivity index (χ0n) is 22.7. The van der Waals surface area contributed by atoms with Crippen molar-refractivity contribution in [3.8, 4) is 11.1 Å². The molecule has 3 aromatic rings. The largest absolute Gasteiger partial charge is 0.481 e. The summed E-state index contributed by atoms with van der Waals surface area (Å²) in [7, 11) is 0. The molecule has 2 fully saturated rings. The molecule has 1 amide bonds. The zero-order chi connectivity index (χ0) is 26.9. The molecule has 1 aliphatic carbocycles. The van der Waals surface area contributed by atoms with Gasteiger partial charge in [0, 0.05) is 36.0 Å². The topological polar surface area (TPSA) is 82.5 Å².